The summed E-state index contributed by atoms with van der Waals surface area (Å²) in [6, 6.07) is 3.70. The molecule has 1 aliphatic heterocycles. The molecule has 1 fully saturated rings. The predicted octanol–water partition coefficient (Wildman–Crippen LogP) is 2.24. The summed E-state index contributed by atoms with van der Waals surface area (Å²) in [5.74, 6) is 0.214. The summed E-state index contributed by atoms with van der Waals surface area (Å²) in [6.07, 6.45) is 1.16. The molecular weight excluding hydrogens is 362 g/mol. The van der Waals surface area contributed by atoms with Crippen LogP contribution < -0.4 is 5.32 Å². The van der Waals surface area contributed by atoms with Gasteiger partial charge < -0.3 is 9.84 Å². The van der Waals surface area contributed by atoms with Gasteiger partial charge in [-0.3, -0.25) is 4.79 Å². The minimum absolute atomic E-state index is 0.0222. The van der Waals surface area contributed by atoms with E-state index < -0.39 is 10.0 Å². The van der Waals surface area contributed by atoms with E-state index in [1.54, 1.807) is 13.8 Å². The third-order valence-electron chi connectivity index (χ3n) is 4.32. The summed E-state index contributed by atoms with van der Waals surface area (Å²) < 4.78 is 32.0. The van der Waals surface area contributed by atoms with E-state index >= 15 is 0 Å². The van der Waals surface area contributed by atoms with Crippen LogP contribution in [0.5, 0.6) is 0 Å². The SMILES string of the molecule is Cc1ccc(C(=O)NC2CCN(S(=O)(=O)c3c(C)noc3C)CC2)s1. The van der Waals surface area contributed by atoms with Crippen LogP contribution in [0.2, 0.25) is 0 Å². The van der Waals surface area contributed by atoms with Crippen molar-refractivity contribution < 1.29 is 17.7 Å². The molecule has 0 radical (unpaired) electrons. The largest absolute Gasteiger partial charge is 0.360 e. The van der Waals surface area contributed by atoms with Crippen molar-refractivity contribution in [2.45, 2.75) is 44.6 Å². The van der Waals surface area contributed by atoms with Crippen LogP contribution in [0.3, 0.4) is 0 Å². The quantitative estimate of drug-likeness (QED) is 0.874. The minimum atomic E-state index is -3.61. The Bertz CT molecular complexity index is 858. The van der Waals surface area contributed by atoms with Crippen LogP contribution in [0.4, 0.5) is 0 Å². The number of hydrogen-bond acceptors (Lipinski definition) is 6. The van der Waals surface area contributed by atoms with Gasteiger partial charge >= 0.3 is 0 Å². The zero-order valence-corrected chi connectivity index (χ0v) is 16.0. The van der Waals surface area contributed by atoms with Gasteiger partial charge in [0.1, 0.15) is 10.6 Å². The summed E-state index contributed by atoms with van der Waals surface area (Å²) in [5.41, 5.74) is 0.376. The highest BCUT2D eigenvalue weighted by molar-refractivity contribution is 7.89. The van der Waals surface area contributed by atoms with E-state index in [9.17, 15) is 13.2 Å². The Hall–Kier alpha value is -1.71. The molecule has 0 aromatic carbocycles. The molecule has 2 aromatic heterocycles. The second-order valence-electron chi connectivity index (χ2n) is 6.22. The summed E-state index contributed by atoms with van der Waals surface area (Å²) in [5, 5.41) is 6.73. The van der Waals surface area contributed by atoms with Gasteiger partial charge in [-0.2, -0.15) is 4.31 Å². The number of nitrogens with one attached hydrogen (secondary N) is 1. The average Bonchev–Trinajstić information content (AvgIpc) is 3.14. The Labute approximate surface area is 151 Å². The molecule has 25 heavy (non-hydrogen) atoms. The van der Waals surface area contributed by atoms with Crippen LogP contribution in [-0.4, -0.2) is 42.9 Å². The summed E-state index contributed by atoms with van der Waals surface area (Å²) in [6.45, 7) is 5.91. The van der Waals surface area contributed by atoms with Gasteiger partial charge in [0, 0.05) is 24.0 Å². The first kappa shape index (κ1) is 18.1. The third kappa shape index (κ3) is 3.63. The van der Waals surface area contributed by atoms with Gasteiger partial charge in [0.25, 0.3) is 5.91 Å². The van der Waals surface area contributed by atoms with Gasteiger partial charge in [0.05, 0.1) is 4.88 Å². The molecule has 0 aliphatic carbocycles. The second kappa shape index (κ2) is 6.89. The van der Waals surface area contributed by atoms with Crippen molar-refractivity contribution >= 4 is 27.3 Å². The molecule has 0 saturated carbocycles. The van der Waals surface area contributed by atoms with E-state index in [1.807, 2.05) is 19.1 Å². The third-order valence-corrected chi connectivity index (χ3v) is 7.46. The Morgan fingerprint density at radius 1 is 1.28 bits per heavy atom. The number of rotatable bonds is 4. The van der Waals surface area contributed by atoms with Gasteiger partial charge in [-0.1, -0.05) is 5.16 Å². The van der Waals surface area contributed by atoms with Crippen molar-refractivity contribution in [1.82, 2.24) is 14.8 Å². The van der Waals surface area contributed by atoms with Crippen molar-refractivity contribution in [1.29, 1.82) is 0 Å². The number of thiophene rings is 1. The maximum Gasteiger partial charge on any atom is 0.261 e. The lowest BCUT2D eigenvalue weighted by Crippen LogP contribution is -2.46. The smallest absolute Gasteiger partial charge is 0.261 e. The molecule has 2 aromatic rings. The van der Waals surface area contributed by atoms with Crippen LogP contribution in [0.1, 0.15) is 38.8 Å². The van der Waals surface area contributed by atoms with Crippen LogP contribution >= 0.6 is 11.3 Å². The van der Waals surface area contributed by atoms with E-state index in [1.165, 1.54) is 15.6 Å². The van der Waals surface area contributed by atoms with Crippen LogP contribution in [0, 0.1) is 20.8 Å². The molecule has 9 heteroatoms. The fourth-order valence-corrected chi connectivity index (χ4v) is 5.56. The molecule has 1 amide bonds. The molecule has 0 spiro atoms. The Morgan fingerprint density at radius 3 is 2.48 bits per heavy atom. The number of aromatic nitrogens is 1. The first-order valence-corrected chi connectivity index (χ1v) is 10.3. The molecule has 0 bridgehead atoms. The highest BCUT2D eigenvalue weighted by Gasteiger charge is 2.34. The molecule has 1 saturated heterocycles. The molecule has 3 heterocycles. The van der Waals surface area contributed by atoms with Crippen LogP contribution in [-0.2, 0) is 10.0 Å². The maximum absolute atomic E-state index is 12.8. The second-order valence-corrected chi connectivity index (χ2v) is 9.38. The van der Waals surface area contributed by atoms with Gasteiger partial charge in [-0.25, -0.2) is 8.42 Å². The number of sulfonamides is 1. The van der Waals surface area contributed by atoms with Gasteiger partial charge in [0.2, 0.25) is 10.0 Å². The average molecular weight is 383 g/mol. The molecule has 7 nitrogen and oxygen atoms in total. The van der Waals surface area contributed by atoms with Crippen molar-refractivity contribution in [3.8, 4) is 0 Å². The predicted molar refractivity (Wildman–Crippen MR) is 94.3 cm³/mol. The standard InChI is InChI=1S/C16H21N3O4S2/c1-10-4-5-14(24-10)16(20)17-13-6-8-19(9-7-13)25(21,22)15-11(2)18-23-12(15)3/h4-5,13H,6-9H2,1-3H3,(H,17,20). The molecule has 0 atom stereocenters. The lowest BCUT2D eigenvalue weighted by Gasteiger charge is -2.31. The molecule has 3 rings (SSSR count). The molecule has 136 valence electrons. The van der Waals surface area contributed by atoms with E-state index in [4.69, 9.17) is 4.52 Å². The fourth-order valence-electron chi connectivity index (χ4n) is 3.03. The van der Waals surface area contributed by atoms with Crippen molar-refractivity contribution in [3.63, 3.8) is 0 Å². The lowest BCUT2D eigenvalue weighted by molar-refractivity contribution is 0.0928. The lowest BCUT2D eigenvalue weighted by atomic mass is 10.1. The van der Waals surface area contributed by atoms with E-state index in [0.29, 0.717) is 42.3 Å². The molecule has 0 unspecified atom stereocenters. The number of carbonyl (C=O) groups excluding carboxylic acids is 1. The van der Waals surface area contributed by atoms with Gasteiger partial charge in [-0.15, -0.1) is 11.3 Å². The summed E-state index contributed by atoms with van der Waals surface area (Å²) >= 11 is 1.45. The Balaban J connectivity index is 1.63. The topological polar surface area (TPSA) is 92.5 Å². The van der Waals surface area contributed by atoms with Gasteiger partial charge in [-0.05, 0) is 45.7 Å². The monoisotopic (exact) mass is 383 g/mol. The highest BCUT2D eigenvalue weighted by atomic mass is 32.2. The normalized spacial score (nSPS) is 16.9. The summed E-state index contributed by atoms with van der Waals surface area (Å²) in [4.78, 5) is 14.2. The first-order valence-electron chi connectivity index (χ1n) is 8.09. The van der Waals surface area contributed by atoms with Crippen molar-refractivity contribution in [3.05, 3.63) is 33.3 Å². The Kier molecular flexibility index (Phi) is 4.99. The minimum Gasteiger partial charge on any atom is -0.360 e. The summed E-state index contributed by atoms with van der Waals surface area (Å²) in [7, 11) is -3.61. The Morgan fingerprint density at radius 2 is 1.96 bits per heavy atom. The number of hydrogen-bond donors (Lipinski definition) is 1. The zero-order valence-electron chi connectivity index (χ0n) is 14.4. The van der Waals surface area contributed by atoms with Crippen LogP contribution in [0.15, 0.2) is 21.6 Å². The zero-order chi connectivity index (χ0) is 18.2. The van der Waals surface area contributed by atoms with Crippen LogP contribution in [0.25, 0.3) is 0 Å². The number of carbonyl (C=O) groups is 1. The number of amides is 1. The molecule has 1 aliphatic rings. The number of aryl methyl sites for hydroxylation is 3. The fraction of sp³-hybridized carbons (Fsp3) is 0.500. The molecule has 1 N–H and O–H groups in total. The highest BCUT2D eigenvalue weighted by Crippen LogP contribution is 2.26. The van der Waals surface area contributed by atoms with Gasteiger partial charge in [0.15, 0.2) is 5.76 Å². The first-order chi connectivity index (χ1) is 11.8. The van der Waals surface area contributed by atoms with E-state index in [2.05, 4.69) is 10.5 Å². The number of piperidine rings is 1. The number of nitrogens with zero attached hydrogens (tertiary/aromatic N) is 2. The molecular formula is C16H21N3O4S2. The van der Waals surface area contributed by atoms with Crippen molar-refractivity contribution in [2.24, 2.45) is 0 Å². The van der Waals surface area contributed by atoms with Crippen molar-refractivity contribution in [2.75, 3.05) is 13.1 Å². The van der Waals surface area contributed by atoms with E-state index in [-0.39, 0.29) is 16.8 Å². The van der Waals surface area contributed by atoms with E-state index in [0.717, 1.165) is 4.88 Å². The maximum atomic E-state index is 12.8.